The molecule has 19 heavy (non-hydrogen) atoms. The lowest BCUT2D eigenvalue weighted by Crippen LogP contribution is -2.58. The zero-order valence-electron chi connectivity index (χ0n) is 9.81. The summed E-state index contributed by atoms with van der Waals surface area (Å²) in [6.45, 7) is 0.244. The third-order valence-corrected chi connectivity index (χ3v) is 3.91. The van der Waals surface area contributed by atoms with E-state index in [4.69, 9.17) is 16.3 Å². The quantitative estimate of drug-likeness (QED) is 0.756. The molecule has 0 saturated carbocycles. The number of nitrogens with zero attached hydrogens (tertiary/aromatic N) is 1. The van der Waals surface area contributed by atoms with Gasteiger partial charge in [0.1, 0.15) is 23.5 Å². The fraction of sp³-hybridized carbons (Fsp3) is 0.500. The minimum atomic E-state index is -0.995. The van der Waals surface area contributed by atoms with Gasteiger partial charge in [-0.2, -0.15) is 0 Å². The van der Waals surface area contributed by atoms with Gasteiger partial charge in [-0.3, -0.25) is 0 Å². The molecular formula is C12H12ClF2NO3. The smallest absolute Gasteiger partial charge is 0.151 e. The summed E-state index contributed by atoms with van der Waals surface area (Å²) in [5, 5.41) is 19.8. The van der Waals surface area contributed by atoms with Gasteiger partial charge in [-0.25, -0.2) is 8.78 Å². The maximum atomic E-state index is 13.8. The van der Waals surface area contributed by atoms with Crippen molar-refractivity contribution in [3.05, 3.63) is 28.8 Å². The van der Waals surface area contributed by atoms with E-state index < -0.39 is 29.4 Å². The summed E-state index contributed by atoms with van der Waals surface area (Å²) in [6, 6.07) is 1.99. The minimum Gasteiger partial charge on any atom is -0.388 e. The van der Waals surface area contributed by atoms with Crippen LogP contribution < -0.4 is 4.90 Å². The first-order valence-corrected chi connectivity index (χ1v) is 6.21. The van der Waals surface area contributed by atoms with Gasteiger partial charge in [0.15, 0.2) is 11.6 Å². The number of β-amino-alcohol motifs (C(OH)–C–C–N with tert-alkyl or cyclic N) is 2. The van der Waals surface area contributed by atoms with Crippen molar-refractivity contribution >= 4 is 17.3 Å². The minimum absolute atomic E-state index is 0.00741. The van der Waals surface area contributed by atoms with Crippen molar-refractivity contribution in [1.82, 2.24) is 0 Å². The van der Waals surface area contributed by atoms with Crippen molar-refractivity contribution in [2.75, 3.05) is 24.6 Å². The van der Waals surface area contributed by atoms with E-state index in [1.807, 2.05) is 0 Å². The summed E-state index contributed by atoms with van der Waals surface area (Å²) in [4.78, 5) is 1.27. The number of ether oxygens (including phenoxy) is 1. The van der Waals surface area contributed by atoms with Crippen molar-refractivity contribution in [2.24, 2.45) is 0 Å². The number of piperidine rings is 1. The Kier molecular flexibility index (Phi) is 2.94. The monoisotopic (exact) mass is 291 g/mol. The lowest BCUT2D eigenvalue weighted by Gasteiger charge is -2.39. The molecule has 2 aliphatic heterocycles. The van der Waals surface area contributed by atoms with E-state index in [1.165, 1.54) is 4.90 Å². The summed E-state index contributed by atoms with van der Waals surface area (Å²) in [5.41, 5.74) is -1.26. The number of hydrogen-bond acceptors (Lipinski definition) is 4. The summed E-state index contributed by atoms with van der Waals surface area (Å²) in [7, 11) is 0. The largest absolute Gasteiger partial charge is 0.388 e. The lowest BCUT2D eigenvalue weighted by atomic mass is 9.91. The number of anilines is 1. The average Bonchev–Trinajstić information content (AvgIpc) is 3.06. The van der Waals surface area contributed by atoms with E-state index in [9.17, 15) is 19.0 Å². The van der Waals surface area contributed by atoms with Crippen molar-refractivity contribution in [2.45, 2.75) is 17.8 Å². The maximum Gasteiger partial charge on any atom is 0.151 e. The second-order valence-corrected chi connectivity index (χ2v) is 5.33. The van der Waals surface area contributed by atoms with Crippen LogP contribution in [-0.4, -0.2) is 47.7 Å². The first-order valence-electron chi connectivity index (χ1n) is 5.83. The highest BCUT2D eigenvalue weighted by Gasteiger charge is 2.60. The van der Waals surface area contributed by atoms with Crippen LogP contribution in [0.5, 0.6) is 0 Å². The maximum absolute atomic E-state index is 13.8. The Morgan fingerprint density at radius 3 is 2.11 bits per heavy atom. The normalized spacial score (nSPS) is 33.8. The van der Waals surface area contributed by atoms with Gasteiger partial charge in [-0.1, -0.05) is 11.6 Å². The molecule has 2 fully saturated rings. The Labute approximate surface area is 113 Å². The molecule has 0 aliphatic carbocycles. The second kappa shape index (κ2) is 4.28. The molecule has 2 saturated heterocycles. The fourth-order valence-electron chi connectivity index (χ4n) is 2.51. The third-order valence-electron chi connectivity index (χ3n) is 3.69. The van der Waals surface area contributed by atoms with Crippen LogP contribution in [0.15, 0.2) is 12.1 Å². The van der Waals surface area contributed by atoms with Crippen LogP contribution in [0, 0.1) is 11.6 Å². The number of halogens is 3. The highest BCUT2D eigenvalue weighted by Crippen LogP contribution is 2.40. The Hall–Kier alpha value is -0.950. The van der Waals surface area contributed by atoms with Gasteiger partial charge in [-0.15, -0.1) is 0 Å². The van der Waals surface area contributed by atoms with Gasteiger partial charge < -0.3 is 19.8 Å². The molecule has 1 aromatic rings. The van der Waals surface area contributed by atoms with E-state index in [-0.39, 0.29) is 30.4 Å². The van der Waals surface area contributed by atoms with Crippen molar-refractivity contribution in [3.8, 4) is 0 Å². The van der Waals surface area contributed by atoms with E-state index >= 15 is 0 Å². The molecule has 0 aromatic heterocycles. The highest BCUT2D eigenvalue weighted by atomic mass is 35.5. The van der Waals surface area contributed by atoms with Gasteiger partial charge in [0.05, 0.1) is 6.61 Å². The predicted octanol–water partition coefficient (Wildman–Crippen LogP) is 0.929. The zero-order chi connectivity index (χ0) is 13.8. The Bertz CT molecular complexity index is 487. The summed E-state index contributed by atoms with van der Waals surface area (Å²) < 4.78 is 32.7. The van der Waals surface area contributed by atoms with Crippen LogP contribution in [0.25, 0.3) is 0 Å². The summed E-state index contributed by atoms with van der Waals surface area (Å²) >= 11 is 5.56. The van der Waals surface area contributed by atoms with Gasteiger partial charge in [-0.05, 0) is 12.1 Å². The average molecular weight is 292 g/mol. The van der Waals surface area contributed by atoms with E-state index in [1.54, 1.807) is 0 Å². The summed E-state index contributed by atoms with van der Waals surface area (Å²) in [5.74, 6) is -1.64. The SMILES string of the molecule is OC1CN(c2c(F)cc(Cl)cc2F)CC(O)C12CO2. The van der Waals surface area contributed by atoms with Gasteiger partial charge >= 0.3 is 0 Å². The Morgan fingerprint density at radius 1 is 1.21 bits per heavy atom. The standard InChI is InChI=1S/C12H12ClF2NO3/c13-6-1-7(14)11(8(15)2-6)16-3-9(17)12(5-19-12)10(18)4-16/h1-2,9-10,17-18H,3-5H2. The Morgan fingerprint density at radius 2 is 1.68 bits per heavy atom. The molecular weight excluding hydrogens is 280 g/mol. The van der Waals surface area contributed by atoms with Crippen molar-refractivity contribution < 1.29 is 23.7 Å². The van der Waals surface area contributed by atoms with Gasteiger partial charge in [0, 0.05) is 18.1 Å². The van der Waals surface area contributed by atoms with E-state index in [0.717, 1.165) is 12.1 Å². The molecule has 2 atom stereocenters. The molecule has 2 unspecified atom stereocenters. The summed E-state index contributed by atoms with van der Waals surface area (Å²) in [6.07, 6.45) is -1.99. The van der Waals surface area contributed by atoms with Crippen LogP contribution in [0.3, 0.4) is 0 Å². The highest BCUT2D eigenvalue weighted by molar-refractivity contribution is 6.30. The molecule has 0 bridgehead atoms. The molecule has 0 amide bonds. The topological polar surface area (TPSA) is 56.2 Å². The number of rotatable bonds is 1. The number of epoxide rings is 1. The molecule has 1 aromatic carbocycles. The third kappa shape index (κ3) is 1.99. The van der Waals surface area contributed by atoms with Crippen molar-refractivity contribution in [3.63, 3.8) is 0 Å². The first kappa shape index (κ1) is 13.1. The molecule has 2 aliphatic rings. The van der Waals surface area contributed by atoms with Gasteiger partial charge in [0.25, 0.3) is 0 Å². The number of benzene rings is 1. The van der Waals surface area contributed by atoms with Crippen LogP contribution >= 0.6 is 11.6 Å². The van der Waals surface area contributed by atoms with Gasteiger partial charge in [0.2, 0.25) is 0 Å². The number of aliphatic hydroxyl groups is 2. The molecule has 104 valence electrons. The fourth-order valence-corrected chi connectivity index (χ4v) is 2.70. The second-order valence-electron chi connectivity index (χ2n) is 4.90. The molecule has 7 heteroatoms. The van der Waals surface area contributed by atoms with E-state index in [0.29, 0.717) is 0 Å². The van der Waals surface area contributed by atoms with Crippen molar-refractivity contribution in [1.29, 1.82) is 0 Å². The van der Waals surface area contributed by atoms with Crippen LogP contribution in [-0.2, 0) is 4.74 Å². The molecule has 2 heterocycles. The molecule has 4 nitrogen and oxygen atoms in total. The lowest BCUT2D eigenvalue weighted by molar-refractivity contribution is -0.0251. The molecule has 3 rings (SSSR count). The first-order chi connectivity index (χ1) is 8.94. The van der Waals surface area contributed by atoms with E-state index in [2.05, 4.69) is 0 Å². The van der Waals surface area contributed by atoms with Crippen LogP contribution in [0.4, 0.5) is 14.5 Å². The molecule has 2 N–H and O–H groups in total. The Balaban J connectivity index is 1.91. The molecule has 1 spiro atoms. The van der Waals surface area contributed by atoms with Crippen LogP contribution in [0.1, 0.15) is 0 Å². The number of aliphatic hydroxyl groups excluding tert-OH is 2. The van der Waals surface area contributed by atoms with Crippen LogP contribution in [0.2, 0.25) is 5.02 Å². The number of hydrogen-bond donors (Lipinski definition) is 2. The predicted molar refractivity (Wildman–Crippen MR) is 64.3 cm³/mol. The zero-order valence-corrected chi connectivity index (χ0v) is 10.6. The molecule has 0 radical (unpaired) electrons.